The molecular formula is C15H20BrN3. The van der Waals surface area contributed by atoms with E-state index in [1.807, 2.05) is 0 Å². The van der Waals surface area contributed by atoms with E-state index in [4.69, 9.17) is 0 Å². The van der Waals surface area contributed by atoms with E-state index in [1.165, 1.54) is 11.3 Å². The van der Waals surface area contributed by atoms with Crippen molar-refractivity contribution in [3.05, 3.63) is 45.7 Å². The van der Waals surface area contributed by atoms with E-state index >= 15 is 0 Å². The molecule has 0 spiro atoms. The van der Waals surface area contributed by atoms with Gasteiger partial charge in [-0.2, -0.15) is 5.10 Å². The molecule has 0 aliphatic heterocycles. The summed E-state index contributed by atoms with van der Waals surface area (Å²) in [5.74, 6) is 0. The van der Waals surface area contributed by atoms with Crippen molar-refractivity contribution in [3.63, 3.8) is 0 Å². The van der Waals surface area contributed by atoms with Gasteiger partial charge in [0.15, 0.2) is 0 Å². The van der Waals surface area contributed by atoms with E-state index in [9.17, 15) is 0 Å². The van der Waals surface area contributed by atoms with Crippen molar-refractivity contribution in [2.45, 2.75) is 40.3 Å². The normalized spacial score (nSPS) is 10.7. The lowest BCUT2D eigenvalue weighted by molar-refractivity contribution is 0.619. The Hall–Kier alpha value is -1.29. The van der Waals surface area contributed by atoms with Crippen molar-refractivity contribution < 1.29 is 0 Å². The molecule has 0 aliphatic rings. The summed E-state index contributed by atoms with van der Waals surface area (Å²) in [6.45, 7) is 8.05. The van der Waals surface area contributed by atoms with Gasteiger partial charge in [0.1, 0.15) is 0 Å². The number of halogens is 1. The third-order valence-electron chi connectivity index (χ3n) is 3.16. The first-order valence-corrected chi connectivity index (χ1v) is 7.49. The van der Waals surface area contributed by atoms with Crippen molar-refractivity contribution in [2.24, 2.45) is 0 Å². The highest BCUT2D eigenvalue weighted by Gasteiger charge is 2.06. The van der Waals surface area contributed by atoms with Crippen molar-refractivity contribution in [3.8, 4) is 0 Å². The van der Waals surface area contributed by atoms with Crippen LogP contribution in [0, 0.1) is 6.92 Å². The fraction of sp³-hybridized carbons (Fsp3) is 0.400. The number of rotatable bonds is 5. The predicted molar refractivity (Wildman–Crippen MR) is 83.5 cm³/mol. The minimum atomic E-state index is 0.794. The standard InChI is InChI=1S/C15H20BrN3/c1-4-12-9-13(19(5-2)18-12)10-17-15-7-6-11(3)8-14(15)16/h6-9,17H,4-5,10H2,1-3H3. The van der Waals surface area contributed by atoms with E-state index in [0.29, 0.717) is 0 Å². The Balaban J connectivity index is 2.11. The topological polar surface area (TPSA) is 29.9 Å². The van der Waals surface area contributed by atoms with Crippen LogP contribution in [-0.4, -0.2) is 9.78 Å². The summed E-state index contributed by atoms with van der Waals surface area (Å²) in [5, 5.41) is 8.02. The van der Waals surface area contributed by atoms with Crippen molar-refractivity contribution in [1.29, 1.82) is 0 Å². The molecular weight excluding hydrogens is 302 g/mol. The van der Waals surface area contributed by atoms with Gasteiger partial charge >= 0.3 is 0 Å². The van der Waals surface area contributed by atoms with Crippen molar-refractivity contribution >= 4 is 21.6 Å². The second-order valence-electron chi connectivity index (χ2n) is 4.63. The molecule has 0 saturated heterocycles. The molecule has 1 N–H and O–H groups in total. The number of nitrogens with zero attached hydrogens (tertiary/aromatic N) is 2. The monoisotopic (exact) mass is 321 g/mol. The van der Waals surface area contributed by atoms with E-state index in [2.05, 4.69) is 76.1 Å². The molecule has 0 amide bonds. The molecule has 0 atom stereocenters. The Morgan fingerprint density at radius 1 is 1.26 bits per heavy atom. The van der Waals surface area contributed by atoms with Crippen LogP contribution >= 0.6 is 15.9 Å². The summed E-state index contributed by atoms with van der Waals surface area (Å²) in [7, 11) is 0. The largest absolute Gasteiger partial charge is 0.378 e. The molecule has 0 saturated carbocycles. The quantitative estimate of drug-likeness (QED) is 0.896. The fourth-order valence-electron chi connectivity index (χ4n) is 2.05. The van der Waals surface area contributed by atoms with Gasteiger partial charge in [0.2, 0.25) is 0 Å². The molecule has 0 aliphatic carbocycles. The van der Waals surface area contributed by atoms with Gasteiger partial charge in [-0.1, -0.05) is 13.0 Å². The number of hydrogen-bond donors (Lipinski definition) is 1. The molecule has 1 aromatic heterocycles. The van der Waals surface area contributed by atoms with Crippen LogP contribution < -0.4 is 5.32 Å². The maximum atomic E-state index is 4.56. The third-order valence-corrected chi connectivity index (χ3v) is 3.82. The van der Waals surface area contributed by atoms with Crippen LogP contribution in [0.5, 0.6) is 0 Å². The van der Waals surface area contributed by atoms with Gasteiger partial charge in [-0.3, -0.25) is 4.68 Å². The lowest BCUT2D eigenvalue weighted by Crippen LogP contribution is -2.08. The van der Waals surface area contributed by atoms with E-state index in [-0.39, 0.29) is 0 Å². The maximum Gasteiger partial charge on any atom is 0.0625 e. The number of hydrogen-bond acceptors (Lipinski definition) is 2. The zero-order valence-corrected chi connectivity index (χ0v) is 13.3. The Kier molecular flexibility index (Phi) is 4.64. The molecule has 4 heteroatoms. The van der Waals surface area contributed by atoms with Crippen LogP contribution in [0.3, 0.4) is 0 Å². The average molecular weight is 322 g/mol. The first-order valence-electron chi connectivity index (χ1n) is 6.69. The minimum Gasteiger partial charge on any atom is -0.378 e. The molecule has 1 heterocycles. The lowest BCUT2D eigenvalue weighted by atomic mass is 10.2. The highest BCUT2D eigenvalue weighted by molar-refractivity contribution is 9.10. The van der Waals surface area contributed by atoms with Crippen LogP contribution in [0.2, 0.25) is 0 Å². The van der Waals surface area contributed by atoms with Gasteiger partial charge in [-0.25, -0.2) is 0 Å². The molecule has 1 aromatic carbocycles. The molecule has 2 aromatic rings. The van der Waals surface area contributed by atoms with Crippen molar-refractivity contribution in [2.75, 3.05) is 5.32 Å². The van der Waals surface area contributed by atoms with Gasteiger partial charge in [0.25, 0.3) is 0 Å². The lowest BCUT2D eigenvalue weighted by Gasteiger charge is -2.10. The summed E-state index contributed by atoms with van der Waals surface area (Å²) in [4.78, 5) is 0. The summed E-state index contributed by atoms with van der Waals surface area (Å²) in [5.41, 5.74) is 4.75. The number of nitrogens with one attached hydrogen (secondary N) is 1. The number of anilines is 1. The molecule has 19 heavy (non-hydrogen) atoms. The zero-order chi connectivity index (χ0) is 13.8. The zero-order valence-electron chi connectivity index (χ0n) is 11.7. The second kappa shape index (κ2) is 6.24. The summed E-state index contributed by atoms with van der Waals surface area (Å²) in [6, 6.07) is 8.52. The molecule has 0 radical (unpaired) electrons. The maximum absolute atomic E-state index is 4.56. The number of aromatic nitrogens is 2. The van der Waals surface area contributed by atoms with E-state index in [1.54, 1.807) is 0 Å². The van der Waals surface area contributed by atoms with Crippen LogP contribution in [0.25, 0.3) is 0 Å². The van der Waals surface area contributed by atoms with Gasteiger partial charge in [-0.15, -0.1) is 0 Å². The summed E-state index contributed by atoms with van der Waals surface area (Å²) in [6.07, 6.45) is 0.980. The molecule has 0 fully saturated rings. The number of benzene rings is 1. The van der Waals surface area contributed by atoms with Crippen LogP contribution in [0.15, 0.2) is 28.7 Å². The van der Waals surface area contributed by atoms with E-state index < -0.39 is 0 Å². The predicted octanol–water partition coefficient (Wildman–Crippen LogP) is 4.15. The van der Waals surface area contributed by atoms with Gasteiger partial charge in [0, 0.05) is 16.7 Å². The Morgan fingerprint density at radius 2 is 2.05 bits per heavy atom. The Bertz CT molecular complexity index is 561. The van der Waals surface area contributed by atoms with Crippen LogP contribution in [0.4, 0.5) is 5.69 Å². The van der Waals surface area contributed by atoms with Crippen molar-refractivity contribution in [1.82, 2.24) is 9.78 Å². The average Bonchev–Trinajstić information content (AvgIpc) is 2.80. The third kappa shape index (κ3) is 3.38. The molecule has 2 rings (SSSR count). The van der Waals surface area contributed by atoms with Gasteiger partial charge < -0.3 is 5.32 Å². The van der Waals surface area contributed by atoms with Gasteiger partial charge in [0.05, 0.1) is 17.9 Å². The first kappa shape index (κ1) is 14.1. The SMILES string of the molecule is CCc1cc(CNc2ccc(C)cc2Br)n(CC)n1. The molecule has 0 bridgehead atoms. The first-order chi connectivity index (χ1) is 9.13. The fourth-order valence-corrected chi connectivity index (χ4v) is 2.69. The minimum absolute atomic E-state index is 0.794. The second-order valence-corrected chi connectivity index (χ2v) is 5.49. The van der Waals surface area contributed by atoms with Crippen LogP contribution in [-0.2, 0) is 19.5 Å². The molecule has 0 unspecified atom stereocenters. The highest BCUT2D eigenvalue weighted by Crippen LogP contribution is 2.24. The van der Waals surface area contributed by atoms with E-state index in [0.717, 1.165) is 35.4 Å². The van der Waals surface area contributed by atoms with Gasteiger partial charge in [-0.05, 0) is 60.0 Å². The Morgan fingerprint density at radius 3 is 2.68 bits per heavy atom. The Labute approximate surface area is 123 Å². The summed E-state index contributed by atoms with van der Waals surface area (Å²) >= 11 is 3.59. The van der Waals surface area contributed by atoms with Crippen LogP contribution in [0.1, 0.15) is 30.8 Å². The molecule has 102 valence electrons. The summed E-state index contributed by atoms with van der Waals surface area (Å²) < 4.78 is 3.17. The highest BCUT2D eigenvalue weighted by atomic mass is 79.9. The smallest absolute Gasteiger partial charge is 0.0625 e. The number of aryl methyl sites for hydroxylation is 3. The molecule has 3 nitrogen and oxygen atoms in total.